The lowest BCUT2D eigenvalue weighted by molar-refractivity contribution is 0.0957. The summed E-state index contributed by atoms with van der Waals surface area (Å²) < 4.78 is 0. The molecule has 3 aromatic rings. The molecule has 1 aromatic heterocycles. The zero-order chi connectivity index (χ0) is 20.6. The molecule has 1 heterocycles. The topological polar surface area (TPSA) is 71.1 Å². The van der Waals surface area contributed by atoms with Crippen molar-refractivity contribution >= 4 is 40.9 Å². The van der Waals surface area contributed by atoms with E-state index in [0.717, 1.165) is 16.2 Å². The van der Waals surface area contributed by atoms with Gasteiger partial charge in [0.15, 0.2) is 0 Å². The number of thioether (sulfide) groups is 1. The highest BCUT2D eigenvalue weighted by molar-refractivity contribution is 7.99. The summed E-state index contributed by atoms with van der Waals surface area (Å²) in [6.07, 6.45) is 3.11. The second-order valence-electron chi connectivity index (χ2n) is 6.25. The summed E-state index contributed by atoms with van der Waals surface area (Å²) in [5.74, 6) is 0.210. The van der Waals surface area contributed by atoms with Crippen LogP contribution in [0.1, 0.15) is 26.3 Å². The number of nitrogens with one attached hydrogen (secondary N) is 2. The zero-order valence-electron chi connectivity index (χ0n) is 15.8. The van der Waals surface area contributed by atoms with Gasteiger partial charge in [-0.2, -0.15) is 0 Å². The first-order valence-electron chi connectivity index (χ1n) is 9.02. The fourth-order valence-electron chi connectivity index (χ4n) is 2.67. The number of halogens is 1. The zero-order valence-corrected chi connectivity index (χ0v) is 17.4. The van der Waals surface area contributed by atoms with E-state index in [4.69, 9.17) is 11.6 Å². The van der Waals surface area contributed by atoms with Crippen LogP contribution in [0.4, 0.5) is 5.69 Å². The van der Waals surface area contributed by atoms with Crippen LogP contribution < -0.4 is 10.6 Å². The van der Waals surface area contributed by atoms with E-state index in [0.29, 0.717) is 28.4 Å². The Morgan fingerprint density at radius 2 is 1.72 bits per heavy atom. The summed E-state index contributed by atoms with van der Waals surface area (Å²) in [5, 5.41) is 6.46. The van der Waals surface area contributed by atoms with Crippen LogP contribution in [-0.2, 0) is 0 Å². The van der Waals surface area contributed by atoms with Gasteiger partial charge in [0.05, 0.1) is 11.3 Å². The number of carbonyl (C=O) groups excluding carboxylic acids is 2. The molecule has 7 heteroatoms. The Labute approximate surface area is 178 Å². The first kappa shape index (κ1) is 20.9. The molecule has 0 aliphatic heterocycles. The number of amides is 2. The van der Waals surface area contributed by atoms with Crippen molar-refractivity contribution in [3.63, 3.8) is 0 Å². The van der Waals surface area contributed by atoms with Gasteiger partial charge in [-0.3, -0.25) is 14.6 Å². The third kappa shape index (κ3) is 5.82. The molecular weight excluding hydrogens is 406 g/mol. The van der Waals surface area contributed by atoms with Crippen LogP contribution in [0.5, 0.6) is 0 Å². The second-order valence-corrected chi connectivity index (χ2v) is 7.85. The average Bonchev–Trinajstić information content (AvgIpc) is 2.74. The molecule has 2 aromatic carbocycles. The van der Waals surface area contributed by atoms with Gasteiger partial charge in [0.25, 0.3) is 11.8 Å². The molecule has 0 atom stereocenters. The predicted molar refractivity (Wildman–Crippen MR) is 118 cm³/mol. The summed E-state index contributed by atoms with van der Waals surface area (Å²) >= 11 is 7.52. The highest BCUT2D eigenvalue weighted by Gasteiger charge is 2.16. The number of hydrogen-bond donors (Lipinski definition) is 2. The van der Waals surface area contributed by atoms with Gasteiger partial charge in [0.1, 0.15) is 0 Å². The van der Waals surface area contributed by atoms with Crippen molar-refractivity contribution in [3.05, 3.63) is 88.7 Å². The third-order valence-corrected chi connectivity index (χ3v) is 5.43. The molecule has 148 valence electrons. The molecule has 0 radical (unpaired) electrons. The van der Waals surface area contributed by atoms with Gasteiger partial charge in [0, 0.05) is 40.2 Å². The first-order valence-corrected chi connectivity index (χ1v) is 10.4. The SMILES string of the molecule is Cc1cccc(C(=O)NCCSc2ccc(Cl)cc2)c1NC(=O)c1ccncc1. The molecule has 0 saturated heterocycles. The highest BCUT2D eigenvalue weighted by Crippen LogP contribution is 2.22. The lowest BCUT2D eigenvalue weighted by atomic mass is 10.1. The van der Waals surface area contributed by atoms with Crippen LogP contribution in [0.2, 0.25) is 5.02 Å². The van der Waals surface area contributed by atoms with E-state index in [9.17, 15) is 9.59 Å². The maximum atomic E-state index is 12.7. The maximum Gasteiger partial charge on any atom is 0.255 e. The average molecular weight is 426 g/mol. The monoisotopic (exact) mass is 425 g/mol. The molecule has 0 aliphatic carbocycles. The van der Waals surface area contributed by atoms with Gasteiger partial charge in [0.2, 0.25) is 0 Å². The van der Waals surface area contributed by atoms with E-state index >= 15 is 0 Å². The van der Waals surface area contributed by atoms with Crippen molar-refractivity contribution in [3.8, 4) is 0 Å². The fraction of sp³-hybridized carbons (Fsp3) is 0.136. The van der Waals surface area contributed by atoms with Crippen molar-refractivity contribution in [2.75, 3.05) is 17.6 Å². The normalized spacial score (nSPS) is 10.4. The number of aryl methyl sites for hydroxylation is 1. The Morgan fingerprint density at radius 3 is 2.45 bits per heavy atom. The number of carbonyl (C=O) groups is 2. The van der Waals surface area contributed by atoms with Crippen molar-refractivity contribution in [1.29, 1.82) is 0 Å². The lowest BCUT2D eigenvalue weighted by Crippen LogP contribution is -2.27. The van der Waals surface area contributed by atoms with Crippen molar-refractivity contribution in [2.24, 2.45) is 0 Å². The third-order valence-electron chi connectivity index (χ3n) is 4.17. The van der Waals surface area contributed by atoms with E-state index in [1.54, 1.807) is 48.4 Å². The molecule has 0 aliphatic rings. The predicted octanol–water partition coefficient (Wildman–Crippen LogP) is 4.82. The number of para-hydroxylation sites is 1. The van der Waals surface area contributed by atoms with Crippen LogP contribution in [0.15, 0.2) is 71.9 Å². The minimum atomic E-state index is -0.283. The van der Waals surface area contributed by atoms with Crippen LogP contribution in [0, 0.1) is 6.92 Å². The molecule has 3 rings (SSSR count). The van der Waals surface area contributed by atoms with Gasteiger partial charge in [-0.15, -0.1) is 11.8 Å². The number of pyridine rings is 1. The molecule has 0 unspecified atom stereocenters. The van der Waals surface area contributed by atoms with Crippen LogP contribution in [0.25, 0.3) is 0 Å². The van der Waals surface area contributed by atoms with Gasteiger partial charge in [-0.05, 0) is 55.0 Å². The van der Waals surface area contributed by atoms with Crippen LogP contribution >= 0.6 is 23.4 Å². The van der Waals surface area contributed by atoms with Gasteiger partial charge in [-0.25, -0.2) is 0 Å². The van der Waals surface area contributed by atoms with E-state index < -0.39 is 0 Å². The van der Waals surface area contributed by atoms with Crippen LogP contribution in [0.3, 0.4) is 0 Å². The summed E-state index contributed by atoms with van der Waals surface area (Å²) in [5.41, 5.74) is 2.24. The summed E-state index contributed by atoms with van der Waals surface area (Å²) in [7, 11) is 0. The van der Waals surface area contributed by atoms with Gasteiger partial charge >= 0.3 is 0 Å². The van der Waals surface area contributed by atoms with Gasteiger partial charge in [-0.1, -0.05) is 23.7 Å². The first-order chi connectivity index (χ1) is 14.0. The Bertz CT molecular complexity index is 995. The molecule has 0 fully saturated rings. The molecule has 29 heavy (non-hydrogen) atoms. The Morgan fingerprint density at radius 1 is 1.00 bits per heavy atom. The lowest BCUT2D eigenvalue weighted by Gasteiger charge is -2.14. The molecular formula is C22H20ClN3O2S. The standard InChI is InChI=1S/C22H20ClN3O2S/c1-15-3-2-4-19(20(15)26-21(27)16-9-11-24-12-10-16)22(28)25-13-14-29-18-7-5-17(23)6-8-18/h2-12H,13-14H2,1H3,(H,25,28)(H,26,27). The number of nitrogens with zero attached hydrogens (tertiary/aromatic N) is 1. The van der Waals surface area contributed by atoms with Crippen molar-refractivity contribution in [2.45, 2.75) is 11.8 Å². The quantitative estimate of drug-likeness (QED) is 0.420. The van der Waals surface area contributed by atoms with E-state index in [2.05, 4.69) is 15.6 Å². The number of rotatable bonds is 7. The molecule has 0 saturated carbocycles. The summed E-state index contributed by atoms with van der Waals surface area (Å²) in [6, 6.07) is 16.2. The Hall–Kier alpha value is -2.83. The molecule has 0 bridgehead atoms. The Kier molecular flexibility index (Phi) is 7.27. The van der Waals surface area contributed by atoms with Gasteiger partial charge < -0.3 is 10.6 Å². The molecule has 2 amide bonds. The molecule has 5 nitrogen and oxygen atoms in total. The van der Waals surface area contributed by atoms with Crippen molar-refractivity contribution in [1.82, 2.24) is 10.3 Å². The van der Waals surface area contributed by atoms with E-state index in [1.165, 1.54) is 0 Å². The highest BCUT2D eigenvalue weighted by atomic mass is 35.5. The summed E-state index contributed by atoms with van der Waals surface area (Å²) in [6.45, 7) is 2.35. The van der Waals surface area contributed by atoms with Crippen LogP contribution in [-0.4, -0.2) is 29.1 Å². The largest absolute Gasteiger partial charge is 0.351 e. The van der Waals surface area contributed by atoms with Crippen molar-refractivity contribution < 1.29 is 9.59 Å². The minimum Gasteiger partial charge on any atom is -0.351 e. The van der Waals surface area contributed by atoms with E-state index in [-0.39, 0.29) is 11.8 Å². The van der Waals surface area contributed by atoms with E-state index in [1.807, 2.05) is 37.3 Å². The number of anilines is 1. The smallest absolute Gasteiger partial charge is 0.255 e. The fourth-order valence-corrected chi connectivity index (χ4v) is 3.57. The summed E-state index contributed by atoms with van der Waals surface area (Å²) in [4.78, 5) is 30.2. The number of aromatic nitrogens is 1. The number of benzene rings is 2. The molecule has 2 N–H and O–H groups in total. The minimum absolute atomic E-state index is 0.226. The Balaban J connectivity index is 1.62. The molecule has 0 spiro atoms. The number of hydrogen-bond acceptors (Lipinski definition) is 4. The second kappa shape index (κ2) is 10.1. The maximum absolute atomic E-state index is 12.7.